The van der Waals surface area contributed by atoms with Gasteiger partial charge in [0.25, 0.3) is 5.69 Å². The predicted molar refractivity (Wildman–Crippen MR) is 98.0 cm³/mol. The third-order valence-corrected chi connectivity index (χ3v) is 3.16. The molecular weight excluding hydrogens is 391 g/mol. The first-order valence-corrected chi connectivity index (χ1v) is 8.45. The van der Waals surface area contributed by atoms with Gasteiger partial charge in [-0.25, -0.2) is 23.7 Å². The summed E-state index contributed by atoms with van der Waals surface area (Å²) >= 11 is 0. The number of amides is 2. The lowest BCUT2D eigenvalue weighted by Crippen LogP contribution is -2.43. The average molecular weight is 414 g/mol. The Labute approximate surface area is 166 Å². The Hall–Kier alpha value is -3.24. The predicted octanol–water partition coefficient (Wildman–Crippen LogP) is 4.10. The van der Waals surface area contributed by atoms with E-state index in [2.05, 4.69) is 0 Å². The van der Waals surface area contributed by atoms with Crippen LogP contribution in [0.4, 0.5) is 19.7 Å². The zero-order valence-corrected chi connectivity index (χ0v) is 16.9. The van der Waals surface area contributed by atoms with Crippen LogP contribution in [-0.4, -0.2) is 44.3 Å². The van der Waals surface area contributed by atoms with E-state index in [-0.39, 0.29) is 0 Å². The number of benzene rings is 1. The molecule has 11 heteroatoms. The Morgan fingerprint density at radius 2 is 1.52 bits per heavy atom. The number of hydrogen-bond acceptors (Lipinski definition) is 7. The van der Waals surface area contributed by atoms with Crippen molar-refractivity contribution in [3.63, 3.8) is 0 Å². The molecule has 0 aromatic heterocycles. The van der Waals surface area contributed by atoms with Crippen LogP contribution >= 0.6 is 0 Å². The van der Waals surface area contributed by atoms with Crippen LogP contribution in [0.1, 0.15) is 57.5 Å². The second-order valence-corrected chi connectivity index (χ2v) is 8.06. The summed E-state index contributed by atoms with van der Waals surface area (Å²) in [7, 11) is 0. The summed E-state index contributed by atoms with van der Waals surface area (Å²) in [5, 5.41) is 20.6. The van der Waals surface area contributed by atoms with E-state index >= 15 is 0 Å². The minimum Gasteiger partial charge on any atom is -0.478 e. The summed E-state index contributed by atoms with van der Waals surface area (Å²) in [6, 6.07) is 1.07. The number of carboxylic acids is 1. The lowest BCUT2D eigenvalue weighted by atomic mass is 10.0. The lowest BCUT2D eigenvalue weighted by molar-refractivity contribution is -0.385. The van der Waals surface area contributed by atoms with E-state index < -0.39 is 63.5 Å². The van der Waals surface area contributed by atoms with E-state index in [1.54, 1.807) is 0 Å². The zero-order chi connectivity index (χ0) is 22.7. The van der Waals surface area contributed by atoms with E-state index in [9.17, 15) is 34.0 Å². The summed E-state index contributed by atoms with van der Waals surface area (Å²) in [6.07, 6.45) is -2.41. The molecule has 1 aromatic carbocycles. The Kier molecular flexibility index (Phi) is 6.90. The third kappa shape index (κ3) is 7.01. The van der Waals surface area contributed by atoms with Gasteiger partial charge in [0.15, 0.2) is 0 Å². The van der Waals surface area contributed by atoms with Crippen molar-refractivity contribution < 1.29 is 38.3 Å². The molecule has 1 N–H and O–H groups in total. The molecule has 2 amide bonds. The second kappa shape index (κ2) is 8.41. The molecule has 0 aliphatic rings. The number of imide groups is 1. The minimum absolute atomic E-state index is 0.392. The normalized spacial score (nSPS) is 11.6. The van der Waals surface area contributed by atoms with Crippen LogP contribution in [0.15, 0.2) is 12.1 Å². The number of nitro groups is 1. The first kappa shape index (κ1) is 23.8. The highest BCUT2D eigenvalue weighted by molar-refractivity contribution is 5.92. The van der Waals surface area contributed by atoms with Crippen molar-refractivity contribution in [2.24, 2.45) is 0 Å². The summed E-state index contributed by atoms with van der Waals surface area (Å²) in [5.74, 6) is -2.82. The third-order valence-electron chi connectivity index (χ3n) is 3.16. The van der Waals surface area contributed by atoms with Crippen LogP contribution in [0.25, 0.3) is 0 Å². The molecule has 0 aliphatic carbocycles. The van der Waals surface area contributed by atoms with Gasteiger partial charge in [-0.15, -0.1) is 0 Å². The molecule has 0 heterocycles. The first-order valence-electron chi connectivity index (χ1n) is 8.45. The Bertz CT molecular complexity index is 776. The van der Waals surface area contributed by atoms with E-state index in [1.807, 2.05) is 0 Å². The number of ether oxygens (including phenoxy) is 2. The van der Waals surface area contributed by atoms with Crippen molar-refractivity contribution >= 4 is 23.8 Å². The van der Waals surface area contributed by atoms with E-state index in [4.69, 9.17) is 9.47 Å². The fourth-order valence-corrected chi connectivity index (χ4v) is 2.14. The number of nitrogens with zero attached hydrogens (tertiary/aromatic N) is 2. The smallest absolute Gasteiger partial charge is 0.420 e. The van der Waals surface area contributed by atoms with Crippen molar-refractivity contribution in [3.8, 4) is 0 Å². The van der Waals surface area contributed by atoms with Gasteiger partial charge in [-0.05, 0) is 47.6 Å². The summed E-state index contributed by atoms with van der Waals surface area (Å²) < 4.78 is 23.9. The van der Waals surface area contributed by atoms with Gasteiger partial charge in [0.2, 0.25) is 0 Å². The van der Waals surface area contributed by atoms with Gasteiger partial charge in [0, 0.05) is 0 Å². The molecule has 10 nitrogen and oxygen atoms in total. The SMILES string of the molecule is CC(C)(C)OC(=O)N(Cc1c(C(=O)O)cc(F)cc1[N+](=O)[O-])C(=O)OC(C)(C)C. The van der Waals surface area contributed by atoms with Gasteiger partial charge >= 0.3 is 18.2 Å². The highest BCUT2D eigenvalue weighted by Gasteiger charge is 2.35. The molecule has 29 heavy (non-hydrogen) atoms. The molecule has 0 unspecified atom stereocenters. The maximum absolute atomic E-state index is 13.7. The number of hydrogen-bond donors (Lipinski definition) is 1. The molecule has 160 valence electrons. The summed E-state index contributed by atoms with van der Waals surface area (Å²) in [6.45, 7) is 8.30. The number of halogens is 1. The molecule has 0 saturated heterocycles. The van der Waals surface area contributed by atoms with Gasteiger partial charge in [0.1, 0.15) is 17.0 Å². The fourth-order valence-electron chi connectivity index (χ4n) is 2.14. The molecule has 0 aliphatic heterocycles. The molecule has 0 spiro atoms. The minimum atomic E-state index is -1.67. The lowest BCUT2D eigenvalue weighted by Gasteiger charge is -2.28. The molecule has 0 saturated carbocycles. The van der Waals surface area contributed by atoms with Crippen LogP contribution in [0, 0.1) is 15.9 Å². The van der Waals surface area contributed by atoms with Crippen LogP contribution < -0.4 is 0 Å². The molecule has 1 aromatic rings. The fraction of sp³-hybridized carbons (Fsp3) is 0.500. The van der Waals surface area contributed by atoms with Gasteiger partial charge in [0.05, 0.1) is 28.7 Å². The highest BCUT2D eigenvalue weighted by atomic mass is 19.1. The van der Waals surface area contributed by atoms with Crippen LogP contribution in [-0.2, 0) is 16.0 Å². The Morgan fingerprint density at radius 3 is 1.86 bits per heavy atom. The molecule has 0 radical (unpaired) electrons. The van der Waals surface area contributed by atoms with Gasteiger partial charge in [-0.1, -0.05) is 0 Å². The average Bonchev–Trinajstić information content (AvgIpc) is 2.48. The molecule has 0 bridgehead atoms. The van der Waals surface area contributed by atoms with Crippen LogP contribution in [0.5, 0.6) is 0 Å². The van der Waals surface area contributed by atoms with Crippen LogP contribution in [0.3, 0.4) is 0 Å². The maximum atomic E-state index is 13.7. The molecular formula is C18H23FN2O8. The molecule has 0 atom stereocenters. The van der Waals surface area contributed by atoms with Gasteiger partial charge in [-0.3, -0.25) is 10.1 Å². The van der Waals surface area contributed by atoms with E-state index in [1.165, 1.54) is 41.5 Å². The number of carbonyl (C=O) groups excluding carboxylic acids is 2. The van der Waals surface area contributed by atoms with Gasteiger partial charge < -0.3 is 14.6 Å². The highest BCUT2D eigenvalue weighted by Crippen LogP contribution is 2.27. The molecule has 0 fully saturated rings. The zero-order valence-electron chi connectivity index (χ0n) is 16.9. The van der Waals surface area contributed by atoms with Crippen molar-refractivity contribution in [2.75, 3.05) is 0 Å². The first-order chi connectivity index (χ1) is 13.0. The Morgan fingerprint density at radius 1 is 1.07 bits per heavy atom. The number of nitro benzene ring substituents is 1. The topological polar surface area (TPSA) is 136 Å². The Balaban J connectivity index is 3.53. The largest absolute Gasteiger partial charge is 0.478 e. The summed E-state index contributed by atoms with van der Waals surface area (Å²) in [4.78, 5) is 47.3. The van der Waals surface area contributed by atoms with E-state index in [0.29, 0.717) is 17.0 Å². The second-order valence-electron chi connectivity index (χ2n) is 8.06. The quantitative estimate of drug-likeness (QED) is 0.574. The standard InChI is InChI=1S/C18H23FN2O8/c1-17(2,3)28-15(24)20(16(25)29-18(4,5)6)9-12-11(14(22)23)7-10(19)8-13(12)21(26)27/h7-8H,9H2,1-6H3,(H,22,23). The van der Waals surface area contributed by atoms with Crippen LogP contribution in [0.2, 0.25) is 0 Å². The van der Waals surface area contributed by atoms with Crippen molar-refractivity contribution in [3.05, 3.63) is 39.2 Å². The number of aromatic carboxylic acids is 1. The number of carboxylic acid groups (broad SMARTS) is 1. The molecule has 1 rings (SSSR count). The number of carbonyl (C=O) groups is 3. The van der Waals surface area contributed by atoms with Gasteiger partial charge in [-0.2, -0.15) is 0 Å². The summed E-state index contributed by atoms with van der Waals surface area (Å²) in [5.41, 5.74) is -4.28. The van der Waals surface area contributed by atoms with Crippen molar-refractivity contribution in [2.45, 2.75) is 59.3 Å². The monoisotopic (exact) mass is 414 g/mol. The van der Waals surface area contributed by atoms with E-state index in [0.717, 1.165) is 0 Å². The van der Waals surface area contributed by atoms with Crippen molar-refractivity contribution in [1.82, 2.24) is 4.90 Å². The van der Waals surface area contributed by atoms with Crippen molar-refractivity contribution in [1.29, 1.82) is 0 Å². The number of rotatable bonds is 4. The maximum Gasteiger partial charge on any atom is 0.420 e.